The van der Waals surface area contributed by atoms with Crippen molar-refractivity contribution in [2.45, 2.75) is 199 Å². The van der Waals surface area contributed by atoms with Gasteiger partial charge in [0.15, 0.2) is 0 Å². The number of ether oxygens (including phenoxy) is 1. The molecule has 2 unspecified atom stereocenters. The van der Waals surface area contributed by atoms with E-state index in [-0.39, 0.29) is 18.0 Å². The molecule has 1 amide bonds. The summed E-state index contributed by atoms with van der Waals surface area (Å²) in [5, 5.41) is 11.9. The molecule has 0 radical (unpaired) electrons. The number of carbonyl (C=O) groups excluding carboxylic acids is 2. The number of allylic oxidation sites excluding steroid dienone is 2. The summed E-state index contributed by atoms with van der Waals surface area (Å²) in [5.74, 6) is -1.24. The number of nitrogens with two attached hydrogens (primary N) is 1. The molecule has 0 aromatic rings. The predicted molar refractivity (Wildman–Crippen MR) is 184 cm³/mol. The topological polar surface area (TPSA) is 119 Å². The van der Waals surface area contributed by atoms with E-state index in [0.717, 1.165) is 64.2 Å². The number of esters is 1. The van der Waals surface area contributed by atoms with Gasteiger partial charge in [-0.3, -0.25) is 9.59 Å². The SMILES string of the molecule is CCCCC/C=C\CCCCCCCC(=O)OC(CCCCCCCC)CCCCCCCC(=O)NC(CCCN)C(=O)O. The van der Waals surface area contributed by atoms with Gasteiger partial charge in [0, 0.05) is 12.8 Å². The lowest BCUT2D eigenvalue weighted by Crippen LogP contribution is -2.40. The van der Waals surface area contributed by atoms with Crippen LogP contribution in [0.15, 0.2) is 12.2 Å². The van der Waals surface area contributed by atoms with Crippen LogP contribution in [0.25, 0.3) is 0 Å². The zero-order valence-electron chi connectivity index (χ0n) is 28.8. The second-order valence-corrected chi connectivity index (χ2v) is 12.6. The molecule has 2 atom stereocenters. The van der Waals surface area contributed by atoms with Crippen molar-refractivity contribution in [3.63, 3.8) is 0 Å². The third-order valence-electron chi connectivity index (χ3n) is 8.33. The van der Waals surface area contributed by atoms with Crippen molar-refractivity contribution in [1.29, 1.82) is 0 Å². The highest BCUT2D eigenvalue weighted by Gasteiger charge is 2.19. The number of amides is 1. The fourth-order valence-electron chi connectivity index (χ4n) is 5.50. The van der Waals surface area contributed by atoms with Gasteiger partial charge in [0.1, 0.15) is 12.1 Å². The summed E-state index contributed by atoms with van der Waals surface area (Å²) < 4.78 is 5.96. The molecule has 44 heavy (non-hydrogen) atoms. The van der Waals surface area contributed by atoms with Crippen molar-refractivity contribution < 1.29 is 24.2 Å². The maximum absolute atomic E-state index is 12.6. The van der Waals surface area contributed by atoms with Crippen LogP contribution in [-0.4, -0.2) is 41.6 Å². The Kier molecular flexibility index (Phi) is 31.1. The van der Waals surface area contributed by atoms with Crippen molar-refractivity contribution in [3.8, 4) is 0 Å². The Balaban J connectivity index is 4.19. The maximum Gasteiger partial charge on any atom is 0.326 e. The van der Waals surface area contributed by atoms with Crippen molar-refractivity contribution in [3.05, 3.63) is 12.2 Å². The van der Waals surface area contributed by atoms with Crippen molar-refractivity contribution in [2.75, 3.05) is 6.54 Å². The number of rotatable bonds is 33. The summed E-state index contributed by atoms with van der Waals surface area (Å²) in [6, 6.07) is -0.852. The monoisotopic (exact) mass is 623 g/mol. The smallest absolute Gasteiger partial charge is 0.326 e. The largest absolute Gasteiger partial charge is 0.480 e. The lowest BCUT2D eigenvalue weighted by Gasteiger charge is -2.18. The Labute approximate surface area is 270 Å². The number of aliphatic carboxylic acids is 1. The standard InChI is InChI=1S/C37H70N2O5/c1-3-5-7-9-11-12-13-14-15-16-21-25-31-36(41)44-33(27-22-18-10-8-6-4-2)28-23-19-17-20-24-30-35(40)39-34(37(42)43)29-26-32-38/h11-12,33-34H,3-10,13-32,38H2,1-2H3,(H,39,40)(H,42,43)/b12-11-. The van der Waals surface area contributed by atoms with Crippen LogP contribution in [-0.2, 0) is 19.1 Å². The molecule has 0 aromatic heterocycles. The van der Waals surface area contributed by atoms with Crippen LogP contribution in [0.3, 0.4) is 0 Å². The third-order valence-corrected chi connectivity index (χ3v) is 8.33. The Bertz CT molecular complexity index is 712. The molecule has 0 saturated heterocycles. The number of carbonyl (C=O) groups is 3. The normalized spacial score (nSPS) is 12.8. The lowest BCUT2D eigenvalue weighted by atomic mass is 10.0. The van der Waals surface area contributed by atoms with E-state index in [2.05, 4.69) is 31.3 Å². The van der Waals surface area contributed by atoms with E-state index in [0.29, 0.717) is 32.2 Å². The van der Waals surface area contributed by atoms with Crippen molar-refractivity contribution in [1.82, 2.24) is 5.32 Å². The highest BCUT2D eigenvalue weighted by Crippen LogP contribution is 2.18. The van der Waals surface area contributed by atoms with Crippen LogP contribution < -0.4 is 11.1 Å². The van der Waals surface area contributed by atoms with Gasteiger partial charge in [-0.2, -0.15) is 0 Å². The van der Waals surface area contributed by atoms with Crippen molar-refractivity contribution in [2.24, 2.45) is 5.73 Å². The molecule has 0 aromatic carbocycles. The number of hydrogen-bond acceptors (Lipinski definition) is 5. The molecule has 0 aliphatic heterocycles. The van der Waals surface area contributed by atoms with Gasteiger partial charge >= 0.3 is 11.9 Å². The summed E-state index contributed by atoms with van der Waals surface area (Å²) in [7, 11) is 0. The minimum absolute atomic E-state index is 0.0186. The van der Waals surface area contributed by atoms with Gasteiger partial charge in [-0.15, -0.1) is 0 Å². The highest BCUT2D eigenvalue weighted by atomic mass is 16.5. The summed E-state index contributed by atoms with van der Waals surface area (Å²) in [6.07, 6.45) is 32.5. The predicted octanol–water partition coefficient (Wildman–Crippen LogP) is 9.56. The summed E-state index contributed by atoms with van der Waals surface area (Å²) in [6.45, 7) is 4.89. The summed E-state index contributed by atoms with van der Waals surface area (Å²) in [5.41, 5.74) is 5.46. The highest BCUT2D eigenvalue weighted by molar-refractivity contribution is 5.83. The molecule has 7 heteroatoms. The van der Waals surface area contributed by atoms with Crippen LogP contribution >= 0.6 is 0 Å². The van der Waals surface area contributed by atoms with Gasteiger partial charge in [-0.05, 0) is 83.6 Å². The second kappa shape index (κ2) is 32.5. The molecular weight excluding hydrogens is 552 g/mol. The van der Waals surface area contributed by atoms with Crippen molar-refractivity contribution >= 4 is 17.8 Å². The molecule has 0 aliphatic carbocycles. The van der Waals surface area contributed by atoms with Gasteiger partial charge in [-0.25, -0.2) is 4.79 Å². The zero-order valence-corrected chi connectivity index (χ0v) is 28.8. The lowest BCUT2D eigenvalue weighted by molar-refractivity contribution is -0.150. The number of hydrogen-bond donors (Lipinski definition) is 3. The van der Waals surface area contributed by atoms with E-state index in [1.165, 1.54) is 83.5 Å². The molecular formula is C37H70N2O5. The number of nitrogens with one attached hydrogen (secondary N) is 1. The Morgan fingerprint density at radius 2 is 1.11 bits per heavy atom. The minimum atomic E-state index is -1.00. The van der Waals surface area contributed by atoms with Gasteiger partial charge in [-0.1, -0.05) is 109 Å². The summed E-state index contributed by atoms with van der Waals surface area (Å²) >= 11 is 0. The average molecular weight is 623 g/mol. The number of unbranched alkanes of at least 4 members (excludes halogenated alkanes) is 17. The molecule has 0 saturated carbocycles. The Morgan fingerprint density at radius 3 is 1.68 bits per heavy atom. The van der Waals surface area contributed by atoms with Crippen LogP contribution in [0.2, 0.25) is 0 Å². The van der Waals surface area contributed by atoms with Crippen LogP contribution in [0.1, 0.15) is 187 Å². The number of carboxylic acids is 1. The first-order valence-electron chi connectivity index (χ1n) is 18.5. The molecule has 4 N–H and O–H groups in total. The van der Waals surface area contributed by atoms with Gasteiger partial charge in [0.25, 0.3) is 0 Å². The van der Waals surface area contributed by atoms with Crippen LogP contribution in [0.4, 0.5) is 0 Å². The molecule has 0 aliphatic rings. The van der Waals surface area contributed by atoms with Crippen LogP contribution in [0, 0.1) is 0 Å². The van der Waals surface area contributed by atoms with Gasteiger partial charge < -0.3 is 20.9 Å². The molecule has 0 bridgehead atoms. The molecule has 0 rings (SSSR count). The summed E-state index contributed by atoms with van der Waals surface area (Å²) in [4.78, 5) is 36.0. The van der Waals surface area contributed by atoms with E-state index in [1.807, 2.05) is 0 Å². The maximum atomic E-state index is 12.6. The van der Waals surface area contributed by atoms with E-state index < -0.39 is 12.0 Å². The van der Waals surface area contributed by atoms with E-state index >= 15 is 0 Å². The zero-order chi connectivity index (χ0) is 32.5. The van der Waals surface area contributed by atoms with E-state index in [4.69, 9.17) is 10.5 Å². The third kappa shape index (κ3) is 28.9. The number of carboxylic acid groups (broad SMARTS) is 1. The molecule has 0 heterocycles. The van der Waals surface area contributed by atoms with E-state index in [9.17, 15) is 19.5 Å². The fraction of sp³-hybridized carbons (Fsp3) is 0.865. The molecule has 7 nitrogen and oxygen atoms in total. The first-order valence-corrected chi connectivity index (χ1v) is 18.5. The molecule has 0 spiro atoms. The first kappa shape index (κ1) is 42.1. The molecule has 258 valence electrons. The second-order valence-electron chi connectivity index (χ2n) is 12.6. The minimum Gasteiger partial charge on any atom is -0.480 e. The quantitative estimate of drug-likeness (QED) is 0.0381. The fourth-order valence-corrected chi connectivity index (χ4v) is 5.50. The van der Waals surface area contributed by atoms with E-state index in [1.54, 1.807) is 0 Å². The van der Waals surface area contributed by atoms with Crippen LogP contribution in [0.5, 0.6) is 0 Å². The van der Waals surface area contributed by atoms with Gasteiger partial charge in [0.05, 0.1) is 0 Å². The first-order chi connectivity index (χ1) is 21.4. The van der Waals surface area contributed by atoms with Gasteiger partial charge in [0.2, 0.25) is 5.91 Å². The average Bonchev–Trinajstić information content (AvgIpc) is 3.00. The Hall–Kier alpha value is -1.89. The Morgan fingerprint density at radius 1 is 0.636 bits per heavy atom. The molecule has 0 fully saturated rings.